The van der Waals surface area contributed by atoms with Gasteiger partial charge in [-0.3, -0.25) is 19.2 Å². The van der Waals surface area contributed by atoms with Crippen molar-refractivity contribution in [2.75, 3.05) is 24.6 Å². The summed E-state index contributed by atoms with van der Waals surface area (Å²) in [5.74, 6) is -1.02. The van der Waals surface area contributed by atoms with E-state index in [-0.39, 0.29) is 16.3 Å². The Labute approximate surface area is 161 Å². The van der Waals surface area contributed by atoms with E-state index in [1.165, 1.54) is 37.4 Å². The average Bonchev–Trinajstić information content (AvgIpc) is 2.66. The van der Waals surface area contributed by atoms with Gasteiger partial charge in [-0.1, -0.05) is 0 Å². The van der Waals surface area contributed by atoms with Crippen molar-refractivity contribution in [3.63, 3.8) is 0 Å². The zero-order valence-electron chi connectivity index (χ0n) is 15.1. The van der Waals surface area contributed by atoms with Crippen LogP contribution in [0.25, 0.3) is 0 Å². The SMILES string of the molecule is CCOc1ccc(S(=O)(=O)N(CC(=O)O)c2cc([N+](=O)[O-])ccc2OC)cc1. The monoisotopic (exact) mass is 410 g/mol. The number of ether oxygens (including phenoxy) is 2. The van der Waals surface area contributed by atoms with E-state index >= 15 is 0 Å². The van der Waals surface area contributed by atoms with Crippen molar-refractivity contribution in [3.8, 4) is 11.5 Å². The van der Waals surface area contributed by atoms with Gasteiger partial charge in [-0.05, 0) is 37.3 Å². The summed E-state index contributed by atoms with van der Waals surface area (Å²) in [6.45, 7) is 1.21. The highest BCUT2D eigenvalue weighted by Crippen LogP contribution is 2.35. The lowest BCUT2D eigenvalue weighted by atomic mass is 10.2. The van der Waals surface area contributed by atoms with E-state index in [0.29, 0.717) is 16.7 Å². The number of carboxylic acids is 1. The molecule has 0 bridgehead atoms. The first-order chi connectivity index (χ1) is 13.2. The van der Waals surface area contributed by atoms with Gasteiger partial charge in [-0.2, -0.15) is 0 Å². The number of aliphatic carboxylic acids is 1. The number of nitrogens with zero attached hydrogens (tertiary/aromatic N) is 2. The topological polar surface area (TPSA) is 136 Å². The molecule has 150 valence electrons. The van der Waals surface area contributed by atoms with Gasteiger partial charge in [0.15, 0.2) is 0 Å². The first kappa shape index (κ1) is 21.0. The van der Waals surface area contributed by atoms with Crippen LogP contribution in [0.2, 0.25) is 0 Å². The van der Waals surface area contributed by atoms with Gasteiger partial charge in [0.1, 0.15) is 23.7 Å². The molecule has 11 heteroatoms. The van der Waals surface area contributed by atoms with Gasteiger partial charge in [0.05, 0.1) is 23.5 Å². The molecule has 0 spiro atoms. The Morgan fingerprint density at radius 3 is 2.36 bits per heavy atom. The van der Waals surface area contributed by atoms with Crippen LogP contribution in [0, 0.1) is 10.1 Å². The molecular weight excluding hydrogens is 392 g/mol. The van der Waals surface area contributed by atoms with Crippen molar-refractivity contribution in [1.29, 1.82) is 0 Å². The van der Waals surface area contributed by atoms with Gasteiger partial charge in [0, 0.05) is 12.1 Å². The van der Waals surface area contributed by atoms with Crippen molar-refractivity contribution < 1.29 is 32.7 Å². The minimum atomic E-state index is -4.36. The lowest BCUT2D eigenvalue weighted by molar-refractivity contribution is -0.384. The number of benzene rings is 2. The van der Waals surface area contributed by atoms with Crippen LogP contribution in [0.4, 0.5) is 11.4 Å². The summed E-state index contributed by atoms with van der Waals surface area (Å²) in [5.41, 5.74) is -0.666. The Morgan fingerprint density at radius 1 is 1.21 bits per heavy atom. The summed E-state index contributed by atoms with van der Waals surface area (Å²) in [7, 11) is -3.12. The van der Waals surface area contributed by atoms with Crippen LogP contribution in [-0.4, -0.2) is 44.7 Å². The zero-order valence-corrected chi connectivity index (χ0v) is 15.9. The third-order valence-corrected chi connectivity index (χ3v) is 5.42. The third kappa shape index (κ3) is 4.49. The number of hydrogen-bond donors (Lipinski definition) is 1. The van der Waals surface area contributed by atoms with Gasteiger partial charge >= 0.3 is 5.97 Å². The molecule has 28 heavy (non-hydrogen) atoms. The first-order valence-corrected chi connectivity index (χ1v) is 9.44. The van der Waals surface area contributed by atoms with E-state index in [9.17, 15) is 28.4 Å². The number of non-ortho nitro benzene ring substituents is 1. The Hall–Kier alpha value is -3.34. The van der Waals surface area contributed by atoms with Crippen molar-refractivity contribution in [1.82, 2.24) is 0 Å². The maximum Gasteiger partial charge on any atom is 0.324 e. The zero-order chi connectivity index (χ0) is 20.9. The molecule has 0 heterocycles. The molecular formula is C17H18N2O8S. The van der Waals surface area contributed by atoms with Crippen LogP contribution < -0.4 is 13.8 Å². The minimum absolute atomic E-state index is 0.0265. The van der Waals surface area contributed by atoms with E-state index in [1.54, 1.807) is 6.92 Å². The molecule has 0 saturated heterocycles. The number of nitro groups is 1. The fraction of sp³-hybridized carbons (Fsp3) is 0.235. The maximum absolute atomic E-state index is 13.1. The van der Waals surface area contributed by atoms with Crippen molar-refractivity contribution >= 4 is 27.4 Å². The van der Waals surface area contributed by atoms with Crippen LogP contribution in [0.15, 0.2) is 47.4 Å². The van der Waals surface area contributed by atoms with E-state index < -0.39 is 33.1 Å². The van der Waals surface area contributed by atoms with Gasteiger partial charge < -0.3 is 14.6 Å². The summed E-state index contributed by atoms with van der Waals surface area (Å²) < 4.78 is 37.1. The molecule has 0 unspecified atom stereocenters. The normalized spacial score (nSPS) is 10.9. The second kappa shape index (κ2) is 8.57. The van der Waals surface area contributed by atoms with Crippen LogP contribution >= 0.6 is 0 Å². The summed E-state index contributed by atoms with van der Waals surface area (Å²) in [4.78, 5) is 21.5. The average molecular weight is 410 g/mol. The summed E-state index contributed by atoms with van der Waals surface area (Å²) >= 11 is 0. The minimum Gasteiger partial charge on any atom is -0.495 e. The van der Waals surface area contributed by atoms with Crippen molar-refractivity contribution in [2.24, 2.45) is 0 Å². The van der Waals surface area contributed by atoms with Crippen molar-refractivity contribution in [2.45, 2.75) is 11.8 Å². The quantitative estimate of drug-likeness (QED) is 0.491. The predicted molar refractivity (Wildman–Crippen MR) is 99.4 cm³/mol. The number of rotatable bonds is 9. The highest BCUT2D eigenvalue weighted by atomic mass is 32.2. The third-order valence-electron chi connectivity index (χ3n) is 3.64. The summed E-state index contributed by atoms with van der Waals surface area (Å²) in [6, 6.07) is 8.67. The van der Waals surface area contributed by atoms with Crippen molar-refractivity contribution in [3.05, 3.63) is 52.6 Å². The van der Waals surface area contributed by atoms with Crippen LogP contribution in [0.1, 0.15) is 6.92 Å². The molecule has 0 atom stereocenters. The van der Waals surface area contributed by atoms with Gasteiger partial charge in [0.2, 0.25) is 0 Å². The van der Waals surface area contributed by atoms with E-state index in [2.05, 4.69) is 0 Å². The molecule has 0 aliphatic heterocycles. The standard InChI is InChI=1S/C17H18N2O8S/c1-3-27-13-5-7-14(8-6-13)28(24,25)18(11-17(20)21)15-10-12(19(22)23)4-9-16(15)26-2/h4-10H,3,11H2,1-2H3,(H,20,21). The van der Waals surface area contributed by atoms with Gasteiger partial charge in [-0.25, -0.2) is 8.42 Å². The molecule has 0 amide bonds. The molecule has 2 rings (SSSR count). The van der Waals surface area contributed by atoms with E-state index in [0.717, 1.165) is 12.1 Å². The fourth-order valence-electron chi connectivity index (χ4n) is 2.41. The molecule has 0 aromatic heterocycles. The Morgan fingerprint density at radius 2 is 1.86 bits per heavy atom. The number of anilines is 1. The van der Waals surface area contributed by atoms with E-state index in [1.807, 2.05) is 0 Å². The largest absolute Gasteiger partial charge is 0.495 e. The maximum atomic E-state index is 13.1. The fourth-order valence-corrected chi connectivity index (χ4v) is 3.83. The Bertz CT molecular complexity index is 973. The van der Waals surface area contributed by atoms with E-state index in [4.69, 9.17) is 9.47 Å². The molecule has 10 nitrogen and oxygen atoms in total. The van der Waals surface area contributed by atoms with Crippen LogP contribution in [-0.2, 0) is 14.8 Å². The molecule has 0 saturated carbocycles. The highest BCUT2D eigenvalue weighted by molar-refractivity contribution is 7.92. The molecule has 0 aliphatic rings. The lowest BCUT2D eigenvalue weighted by Gasteiger charge is -2.24. The smallest absolute Gasteiger partial charge is 0.324 e. The first-order valence-electron chi connectivity index (χ1n) is 8.00. The Balaban J connectivity index is 2.61. The second-order valence-electron chi connectivity index (χ2n) is 5.42. The highest BCUT2D eigenvalue weighted by Gasteiger charge is 2.30. The number of sulfonamides is 1. The molecule has 0 fully saturated rings. The molecule has 0 radical (unpaired) electrons. The van der Waals surface area contributed by atoms with Gasteiger partial charge in [-0.15, -0.1) is 0 Å². The number of carbonyl (C=O) groups is 1. The molecule has 2 aromatic carbocycles. The number of carboxylic acid groups (broad SMARTS) is 1. The summed E-state index contributed by atoms with van der Waals surface area (Å²) in [5, 5.41) is 20.3. The molecule has 0 aliphatic carbocycles. The summed E-state index contributed by atoms with van der Waals surface area (Å²) in [6.07, 6.45) is 0. The molecule has 1 N–H and O–H groups in total. The lowest BCUT2D eigenvalue weighted by Crippen LogP contribution is -2.36. The van der Waals surface area contributed by atoms with Gasteiger partial charge in [0.25, 0.3) is 15.7 Å². The van der Waals surface area contributed by atoms with Crippen LogP contribution in [0.3, 0.4) is 0 Å². The second-order valence-corrected chi connectivity index (χ2v) is 7.29. The predicted octanol–water partition coefficient (Wildman–Crippen LogP) is 2.28. The van der Waals surface area contributed by atoms with Crippen LogP contribution in [0.5, 0.6) is 11.5 Å². The molecule has 2 aromatic rings. The Kier molecular flexibility index (Phi) is 6.41. The number of nitro benzene ring substituents is 1. The number of hydrogen-bond acceptors (Lipinski definition) is 7. The number of methoxy groups -OCH3 is 1.